The van der Waals surface area contributed by atoms with E-state index in [1.165, 1.54) is 0 Å². The van der Waals surface area contributed by atoms with E-state index in [2.05, 4.69) is 23.8 Å². The molecule has 1 unspecified atom stereocenters. The molecule has 1 atom stereocenters. The Hall–Kier alpha value is -2.15. The third-order valence-electron chi connectivity index (χ3n) is 6.77. The van der Waals surface area contributed by atoms with Gasteiger partial charge in [-0.2, -0.15) is 0 Å². The Labute approximate surface area is 192 Å². The molecule has 2 amide bonds. The number of aliphatic hydroxyl groups is 1. The predicted molar refractivity (Wildman–Crippen MR) is 124 cm³/mol. The zero-order chi connectivity index (χ0) is 23.5. The van der Waals surface area contributed by atoms with E-state index in [4.69, 9.17) is 4.74 Å². The van der Waals surface area contributed by atoms with Crippen molar-refractivity contribution in [3.05, 3.63) is 25.3 Å². The fourth-order valence-corrected chi connectivity index (χ4v) is 4.83. The van der Waals surface area contributed by atoms with Crippen LogP contribution in [-0.2, 0) is 19.1 Å². The Kier molecular flexibility index (Phi) is 10.4. The lowest BCUT2D eigenvalue weighted by molar-refractivity contribution is -0.147. The number of hydrogen-bond donors (Lipinski definition) is 3. The van der Waals surface area contributed by atoms with Crippen molar-refractivity contribution < 1.29 is 24.2 Å². The fraction of sp³-hybridized carbons (Fsp3) is 0.720. The summed E-state index contributed by atoms with van der Waals surface area (Å²) in [5.41, 5.74) is -1.13. The van der Waals surface area contributed by atoms with Gasteiger partial charge < -0.3 is 20.5 Å². The molecular weight excluding hydrogens is 408 g/mol. The second-order valence-electron chi connectivity index (χ2n) is 9.44. The molecule has 0 radical (unpaired) electrons. The van der Waals surface area contributed by atoms with Crippen LogP contribution in [0.2, 0.25) is 0 Å². The van der Waals surface area contributed by atoms with Gasteiger partial charge in [0.25, 0.3) is 0 Å². The number of aliphatic hydroxyl groups excluding tert-OH is 1. The molecule has 180 valence electrons. The van der Waals surface area contributed by atoms with Gasteiger partial charge in [-0.05, 0) is 44.9 Å². The average Bonchev–Trinajstić information content (AvgIpc) is 3.43. The largest absolute Gasteiger partial charge is 0.463 e. The highest BCUT2D eigenvalue weighted by atomic mass is 16.5. The van der Waals surface area contributed by atoms with Gasteiger partial charge in [-0.1, -0.05) is 37.8 Å². The van der Waals surface area contributed by atoms with Gasteiger partial charge in [0.05, 0.1) is 23.6 Å². The lowest BCUT2D eigenvalue weighted by atomic mass is 9.93. The maximum Gasteiger partial charge on any atom is 0.305 e. The molecule has 0 aromatic carbocycles. The molecule has 2 aliphatic carbocycles. The molecular formula is C25H40N2O5. The molecule has 2 rings (SSSR count). The van der Waals surface area contributed by atoms with E-state index < -0.39 is 17.0 Å². The second-order valence-corrected chi connectivity index (χ2v) is 9.44. The third kappa shape index (κ3) is 7.76. The summed E-state index contributed by atoms with van der Waals surface area (Å²) in [6.07, 6.45) is 12.5. The normalized spacial score (nSPS) is 19.7. The van der Waals surface area contributed by atoms with Crippen LogP contribution in [0.25, 0.3) is 0 Å². The van der Waals surface area contributed by atoms with Crippen LogP contribution in [0, 0.1) is 5.92 Å². The Morgan fingerprint density at radius 3 is 2.16 bits per heavy atom. The molecule has 0 aliphatic heterocycles. The SMILES string of the molecule is C=CCCCC(=O)OCC1(NC(=O)C(CC=C)CC(=O)NC2(CO)CCCC2)CCCC1. The highest BCUT2D eigenvalue weighted by molar-refractivity contribution is 5.86. The molecule has 3 N–H and O–H groups in total. The van der Waals surface area contributed by atoms with Gasteiger partial charge in [-0.3, -0.25) is 14.4 Å². The minimum Gasteiger partial charge on any atom is -0.463 e. The smallest absolute Gasteiger partial charge is 0.305 e. The highest BCUT2D eigenvalue weighted by Gasteiger charge is 2.39. The number of nitrogens with one attached hydrogen (secondary N) is 2. The first-order valence-corrected chi connectivity index (χ1v) is 12.0. The minimum atomic E-state index is -0.571. The van der Waals surface area contributed by atoms with Crippen LogP contribution in [-0.4, -0.2) is 47.2 Å². The first-order valence-electron chi connectivity index (χ1n) is 12.0. The average molecular weight is 449 g/mol. The first-order chi connectivity index (χ1) is 15.4. The molecule has 2 saturated carbocycles. The Balaban J connectivity index is 1.94. The number of carbonyl (C=O) groups excluding carboxylic acids is 3. The van der Waals surface area contributed by atoms with Gasteiger partial charge in [0.2, 0.25) is 11.8 Å². The van der Waals surface area contributed by atoms with Crippen LogP contribution in [0.1, 0.15) is 83.5 Å². The molecule has 0 saturated heterocycles. The van der Waals surface area contributed by atoms with Gasteiger partial charge in [0, 0.05) is 12.8 Å². The maximum absolute atomic E-state index is 13.1. The van der Waals surface area contributed by atoms with Crippen molar-refractivity contribution in [1.82, 2.24) is 10.6 Å². The lowest BCUT2D eigenvalue weighted by Gasteiger charge is -2.32. The van der Waals surface area contributed by atoms with Crippen molar-refractivity contribution in [1.29, 1.82) is 0 Å². The van der Waals surface area contributed by atoms with Gasteiger partial charge in [-0.25, -0.2) is 0 Å². The number of esters is 1. The van der Waals surface area contributed by atoms with Crippen molar-refractivity contribution >= 4 is 17.8 Å². The minimum absolute atomic E-state index is 0.0387. The zero-order valence-corrected chi connectivity index (χ0v) is 19.3. The van der Waals surface area contributed by atoms with Gasteiger partial charge >= 0.3 is 5.97 Å². The Bertz CT molecular complexity index is 663. The lowest BCUT2D eigenvalue weighted by Crippen LogP contribution is -2.53. The van der Waals surface area contributed by atoms with Crippen molar-refractivity contribution in [3.63, 3.8) is 0 Å². The summed E-state index contributed by atoms with van der Waals surface area (Å²) in [6, 6.07) is 0. The van der Waals surface area contributed by atoms with E-state index in [0.717, 1.165) is 57.8 Å². The second kappa shape index (κ2) is 12.8. The number of allylic oxidation sites excluding steroid dienone is 2. The Morgan fingerprint density at radius 2 is 1.59 bits per heavy atom. The standard InChI is InChI=1S/C25H40N2O5/c1-3-5-6-12-22(30)32-19-25(15-9-10-16-25)27-23(31)20(11-4-2)17-21(29)26-24(18-28)13-7-8-14-24/h3-4,20,28H,1-2,5-19H2,(H,26,29)(H,27,31). The summed E-state index contributed by atoms with van der Waals surface area (Å²) < 4.78 is 5.50. The van der Waals surface area contributed by atoms with Crippen LogP contribution in [0.15, 0.2) is 25.3 Å². The zero-order valence-electron chi connectivity index (χ0n) is 19.3. The van der Waals surface area contributed by atoms with Crippen molar-refractivity contribution in [2.45, 2.75) is 94.5 Å². The van der Waals surface area contributed by atoms with E-state index in [1.807, 2.05) is 0 Å². The molecule has 0 bridgehead atoms. The monoisotopic (exact) mass is 448 g/mol. The first kappa shape index (κ1) is 26.1. The molecule has 2 fully saturated rings. The number of rotatable bonds is 14. The summed E-state index contributed by atoms with van der Waals surface area (Å²) in [7, 11) is 0. The van der Waals surface area contributed by atoms with Crippen LogP contribution >= 0.6 is 0 Å². The summed E-state index contributed by atoms with van der Waals surface area (Å²) in [4.78, 5) is 37.9. The van der Waals surface area contributed by atoms with E-state index in [0.29, 0.717) is 19.3 Å². The van der Waals surface area contributed by atoms with Crippen molar-refractivity contribution in [3.8, 4) is 0 Å². The van der Waals surface area contributed by atoms with E-state index in [-0.39, 0.29) is 37.4 Å². The number of carbonyl (C=O) groups is 3. The molecule has 0 spiro atoms. The molecule has 0 aromatic heterocycles. The predicted octanol–water partition coefficient (Wildman–Crippen LogP) is 3.32. The molecule has 0 aromatic rings. The summed E-state index contributed by atoms with van der Waals surface area (Å²) >= 11 is 0. The van der Waals surface area contributed by atoms with Crippen LogP contribution in [0.4, 0.5) is 0 Å². The molecule has 32 heavy (non-hydrogen) atoms. The van der Waals surface area contributed by atoms with E-state index in [9.17, 15) is 19.5 Å². The fourth-order valence-electron chi connectivity index (χ4n) is 4.83. The molecule has 7 nitrogen and oxygen atoms in total. The quantitative estimate of drug-likeness (QED) is 0.215. The Morgan fingerprint density at radius 1 is 0.969 bits per heavy atom. The third-order valence-corrected chi connectivity index (χ3v) is 6.77. The number of amides is 2. The number of hydrogen-bond acceptors (Lipinski definition) is 5. The van der Waals surface area contributed by atoms with E-state index in [1.54, 1.807) is 12.2 Å². The number of unbranched alkanes of at least 4 members (excludes halogenated alkanes) is 1. The van der Waals surface area contributed by atoms with Gasteiger partial charge in [-0.15, -0.1) is 13.2 Å². The topological polar surface area (TPSA) is 105 Å². The molecule has 2 aliphatic rings. The summed E-state index contributed by atoms with van der Waals surface area (Å²) in [5.74, 6) is -1.25. The van der Waals surface area contributed by atoms with Crippen LogP contribution < -0.4 is 10.6 Å². The molecule has 0 heterocycles. The van der Waals surface area contributed by atoms with Gasteiger partial charge in [0.1, 0.15) is 6.61 Å². The highest BCUT2D eigenvalue weighted by Crippen LogP contribution is 2.32. The molecule has 7 heteroatoms. The van der Waals surface area contributed by atoms with Gasteiger partial charge in [0.15, 0.2) is 0 Å². The maximum atomic E-state index is 13.1. The summed E-state index contributed by atoms with van der Waals surface area (Å²) in [5, 5.41) is 15.8. The van der Waals surface area contributed by atoms with E-state index >= 15 is 0 Å². The number of ether oxygens (including phenoxy) is 1. The summed E-state index contributed by atoms with van der Waals surface area (Å²) in [6.45, 7) is 7.47. The van der Waals surface area contributed by atoms with Crippen molar-refractivity contribution in [2.75, 3.05) is 13.2 Å². The van der Waals surface area contributed by atoms with Crippen LogP contribution in [0.5, 0.6) is 0 Å². The van der Waals surface area contributed by atoms with Crippen LogP contribution in [0.3, 0.4) is 0 Å². The van der Waals surface area contributed by atoms with Crippen molar-refractivity contribution in [2.24, 2.45) is 5.92 Å².